The Labute approximate surface area is 139 Å². The highest BCUT2D eigenvalue weighted by atomic mass is 32.2. The second kappa shape index (κ2) is 7.21. The van der Waals surface area contributed by atoms with Gasteiger partial charge < -0.3 is 4.74 Å². The van der Waals surface area contributed by atoms with Crippen LogP contribution in [-0.4, -0.2) is 54.8 Å². The minimum absolute atomic E-state index is 0.459. The van der Waals surface area contributed by atoms with Crippen molar-refractivity contribution in [2.24, 2.45) is 0 Å². The molecule has 0 aliphatic heterocycles. The van der Waals surface area contributed by atoms with E-state index < -0.39 is 56.4 Å². The van der Waals surface area contributed by atoms with Crippen LogP contribution in [0.2, 0.25) is 0 Å². The second-order valence-corrected chi connectivity index (χ2v) is 6.45. The van der Waals surface area contributed by atoms with Crippen molar-refractivity contribution in [3.63, 3.8) is 0 Å². The molecule has 0 aromatic heterocycles. The molecule has 0 saturated heterocycles. The molecule has 0 aromatic rings. The zero-order valence-corrected chi connectivity index (χ0v) is 13.2. The number of sulfonamides is 1. The van der Waals surface area contributed by atoms with E-state index in [9.17, 15) is 57.2 Å². The Morgan fingerprint density at radius 2 is 1.50 bits per heavy atom. The van der Waals surface area contributed by atoms with E-state index in [-0.39, 0.29) is 0 Å². The highest BCUT2D eigenvalue weighted by Crippen LogP contribution is 2.55. The molecule has 0 N–H and O–H groups in total. The molecule has 0 spiro atoms. The first kappa shape index (κ1) is 24.4. The summed E-state index contributed by atoms with van der Waals surface area (Å²) in [7, 11) is -7.39. The number of halogens is 10. The summed E-state index contributed by atoms with van der Waals surface area (Å²) in [6, 6.07) is 0. The van der Waals surface area contributed by atoms with Gasteiger partial charge in [-0.15, -0.1) is 4.48 Å². The number of hydrogen-bond acceptors (Lipinski definition) is 4. The SMILES string of the molecule is C=CC(=O)OC(C)CN(F)S(=O)(=O)C(F)(F)C(F)(F)C(F)(F)C(F)(F)F. The average Bonchev–Trinajstić information content (AvgIpc) is 2.44. The van der Waals surface area contributed by atoms with Gasteiger partial charge in [-0.3, -0.25) is 0 Å². The molecule has 0 bridgehead atoms. The first-order valence-corrected chi connectivity index (χ1v) is 7.42. The van der Waals surface area contributed by atoms with Crippen molar-refractivity contribution in [2.75, 3.05) is 6.54 Å². The third kappa shape index (κ3) is 4.05. The van der Waals surface area contributed by atoms with Gasteiger partial charge in [0.1, 0.15) is 6.10 Å². The molecular weight excluding hydrogens is 420 g/mol. The minimum Gasteiger partial charge on any atom is -0.458 e. The van der Waals surface area contributed by atoms with Gasteiger partial charge in [0.05, 0.1) is 6.54 Å². The highest BCUT2D eigenvalue weighted by molar-refractivity contribution is 7.90. The van der Waals surface area contributed by atoms with Gasteiger partial charge in [0, 0.05) is 6.08 Å². The van der Waals surface area contributed by atoms with Crippen LogP contribution in [0.1, 0.15) is 6.92 Å². The van der Waals surface area contributed by atoms with E-state index >= 15 is 0 Å². The first-order chi connectivity index (χ1) is 11.3. The summed E-state index contributed by atoms with van der Waals surface area (Å²) in [5.41, 5.74) is 0. The molecule has 0 fully saturated rings. The number of hydrogen-bond donors (Lipinski definition) is 0. The number of ether oxygens (including phenoxy) is 1. The van der Waals surface area contributed by atoms with Gasteiger partial charge >= 0.3 is 39.3 Å². The zero-order chi connectivity index (χ0) is 21.4. The van der Waals surface area contributed by atoms with E-state index in [1.165, 1.54) is 0 Å². The summed E-state index contributed by atoms with van der Waals surface area (Å²) in [4.78, 5) is 10.7. The first-order valence-electron chi connectivity index (χ1n) is 5.98. The van der Waals surface area contributed by atoms with E-state index in [0.717, 1.165) is 0 Å². The second-order valence-electron chi connectivity index (χ2n) is 4.59. The predicted octanol–water partition coefficient (Wildman–Crippen LogP) is 3.05. The largest absolute Gasteiger partial charge is 0.460 e. The van der Waals surface area contributed by atoms with Gasteiger partial charge in [-0.2, -0.15) is 39.5 Å². The number of carbonyl (C=O) groups is 1. The van der Waals surface area contributed by atoms with Gasteiger partial charge in [0.15, 0.2) is 0 Å². The molecule has 0 radical (unpaired) electrons. The van der Waals surface area contributed by atoms with Crippen LogP contribution in [-0.2, 0) is 19.6 Å². The van der Waals surface area contributed by atoms with Crippen molar-refractivity contribution in [1.29, 1.82) is 0 Å². The fraction of sp³-hybridized carbons (Fsp3) is 0.700. The van der Waals surface area contributed by atoms with Crippen LogP contribution in [0.15, 0.2) is 12.7 Å². The summed E-state index contributed by atoms with van der Waals surface area (Å²) in [5, 5.41) is -7.21. The molecule has 0 heterocycles. The summed E-state index contributed by atoms with van der Waals surface area (Å²) >= 11 is 0. The van der Waals surface area contributed by atoms with Crippen LogP contribution in [0.5, 0.6) is 0 Å². The lowest BCUT2D eigenvalue weighted by atomic mass is 10.1. The van der Waals surface area contributed by atoms with Gasteiger partial charge in [-0.25, -0.2) is 13.2 Å². The Morgan fingerprint density at radius 1 is 1.08 bits per heavy atom. The Bertz CT molecular complexity index is 645. The van der Waals surface area contributed by atoms with Crippen molar-refractivity contribution in [3.05, 3.63) is 12.7 Å². The lowest BCUT2D eigenvalue weighted by Crippen LogP contribution is -2.64. The minimum atomic E-state index is -7.57. The fourth-order valence-electron chi connectivity index (χ4n) is 1.23. The Balaban J connectivity index is 5.81. The standard InChI is InChI=1S/C10H9F10NO4S/c1-3-6(22)25-5(2)4-21(20)26(23,24)10(18,19)8(13,14)7(11,12)9(15,16)17/h3,5H,1,4H2,2H3. The van der Waals surface area contributed by atoms with Gasteiger partial charge in [-0.1, -0.05) is 6.58 Å². The molecule has 1 atom stereocenters. The Hall–Kier alpha value is -1.58. The van der Waals surface area contributed by atoms with Crippen molar-refractivity contribution < 1.29 is 61.9 Å². The number of alkyl halides is 9. The van der Waals surface area contributed by atoms with Gasteiger partial charge in [-0.05, 0) is 11.5 Å². The molecule has 16 heteroatoms. The average molecular weight is 429 g/mol. The van der Waals surface area contributed by atoms with Crippen molar-refractivity contribution in [2.45, 2.75) is 36.3 Å². The smallest absolute Gasteiger partial charge is 0.458 e. The van der Waals surface area contributed by atoms with Gasteiger partial charge in [0.25, 0.3) is 0 Å². The number of carbonyl (C=O) groups excluding carboxylic acids is 1. The summed E-state index contributed by atoms with van der Waals surface area (Å²) in [5.74, 6) is -16.4. The molecule has 0 rings (SSSR count). The van der Waals surface area contributed by atoms with E-state index in [0.29, 0.717) is 13.0 Å². The summed E-state index contributed by atoms with van der Waals surface area (Å²) in [6.45, 7) is 1.61. The van der Waals surface area contributed by atoms with Crippen LogP contribution in [0.25, 0.3) is 0 Å². The van der Waals surface area contributed by atoms with E-state index in [4.69, 9.17) is 0 Å². The summed E-state index contributed by atoms with van der Waals surface area (Å²) < 4.78 is 151. The maximum absolute atomic E-state index is 13.4. The Morgan fingerprint density at radius 3 is 1.85 bits per heavy atom. The molecule has 5 nitrogen and oxygen atoms in total. The number of esters is 1. The third-order valence-electron chi connectivity index (χ3n) is 2.59. The molecule has 0 aliphatic carbocycles. The van der Waals surface area contributed by atoms with Crippen LogP contribution in [0.3, 0.4) is 0 Å². The van der Waals surface area contributed by atoms with Crippen molar-refractivity contribution in [1.82, 2.24) is 4.53 Å². The van der Waals surface area contributed by atoms with Crippen molar-refractivity contribution in [3.8, 4) is 0 Å². The lowest BCUT2D eigenvalue weighted by molar-refractivity contribution is -0.382. The quantitative estimate of drug-likeness (QED) is 0.258. The molecule has 1 unspecified atom stereocenters. The maximum Gasteiger partial charge on any atom is 0.460 e. The third-order valence-corrected chi connectivity index (χ3v) is 4.16. The lowest BCUT2D eigenvalue weighted by Gasteiger charge is -2.33. The molecular formula is C10H9F10NO4S. The van der Waals surface area contributed by atoms with Crippen LogP contribution in [0.4, 0.5) is 44.0 Å². The predicted molar refractivity (Wildman–Crippen MR) is 63.4 cm³/mol. The topological polar surface area (TPSA) is 63.7 Å². The molecule has 0 amide bonds. The fourth-order valence-corrected chi connectivity index (χ4v) is 2.34. The molecule has 0 aliphatic rings. The van der Waals surface area contributed by atoms with Crippen molar-refractivity contribution >= 4 is 16.0 Å². The molecule has 26 heavy (non-hydrogen) atoms. The van der Waals surface area contributed by atoms with Crippen LogP contribution < -0.4 is 0 Å². The number of nitrogens with zero attached hydrogens (tertiary/aromatic N) is 1. The number of rotatable bonds is 8. The maximum atomic E-state index is 13.4. The zero-order valence-electron chi connectivity index (χ0n) is 12.3. The highest BCUT2D eigenvalue weighted by Gasteiger charge is 2.86. The monoisotopic (exact) mass is 429 g/mol. The van der Waals surface area contributed by atoms with Gasteiger partial charge in [0.2, 0.25) is 0 Å². The van der Waals surface area contributed by atoms with E-state index in [1.807, 2.05) is 0 Å². The normalized spacial score (nSPS) is 15.7. The van der Waals surface area contributed by atoms with E-state index in [2.05, 4.69) is 11.3 Å². The molecule has 154 valence electrons. The summed E-state index contributed by atoms with van der Waals surface area (Å²) in [6.07, 6.45) is -8.74. The van der Waals surface area contributed by atoms with E-state index in [1.54, 1.807) is 0 Å². The van der Waals surface area contributed by atoms with Crippen LogP contribution in [0, 0.1) is 0 Å². The Kier molecular flexibility index (Phi) is 6.77. The molecule has 0 aromatic carbocycles. The van der Waals surface area contributed by atoms with Crippen LogP contribution >= 0.6 is 0 Å². The molecule has 0 saturated carbocycles.